The molecule has 1 aromatic rings. The number of nitrogens with zero attached hydrogens (tertiary/aromatic N) is 2. The summed E-state index contributed by atoms with van der Waals surface area (Å²) in [7, 11) is -0.328. The summed E-state index contributed by atoms with van der Waals surface area (Å²) in [6.07, 6.45) is 0.683. The summed E-state index contributed by atoms with van der Waals surface area (Å²) in [4.78, 5) is 0. The van der Waals surface area contributed by atoms with Gasteiger partial charge in [-0.05, 0) is 29.7 Å². The van der Waals surface area contributed by atoms with Gasteiger partial charge in [0.1, 0.15) is 5.75 Å². The number of fused-ring (bicyclic) bond motifs is 1. The molecule has 1 heterocycles. The zero-order valence-corrected chi connectivity index (χ0v) is 10.7. The molecule has 0 spiro atoms. The zero-order chi connectivity index (χ0) is 12.6. The molecule has 0 saturated heterocycles. The fourth-order valence-corrected chi connectivity index (χ4v) is 3.03. The maximum absolute atomic E-state index is 12.0. The summed E-state index contributed by atoms with van der Waals surface area (Å²) in [6, 6.07) is 5.12. The summed E-state index contributed by atoms with van der Waals surface area (Å²) < 4.78 is 26.6. The van der Waals surface area contributed by atoms with Gasteiger partial charge in [-0.3, -0.25) is 0 Å². The van der Waals surface area contributed by atoms with E-state index in [-0.39, 0.29) is 5.75 Å². The molecule has 0 radical (unpaired) electrons. The van der Waals surface area contributed by atoms with E-state index in [4.69, 9.17) is 0 Å². The SMILES string of the molecule is CN(C)S(=O)(=O)N1CCc2ccc(O)cc2C1. The Balaban J connectivity index is 2.30. The normalized spacial score (nSPS) is 17.1. The van der Waals surface area contributed by atoms with E-state index in [1.54, 1.807) is 12.1 Å². The van der Waals surface area contributed by atoms with Crippen LogP contribution in [0.1, 0.15) is 11.1 Å². The number of rotatable bonds is 2. The van der Waals surface area contributed by atoms with Gasteiger partial charge in [-0.25, -0.2) is 0 Å². The van der Waals surface area contributed by atoms with E-state index in [0.717, 1.165) is 11.1 Å². The van der Waals surface area contributed by atoms with Gasteiger partial charge >= 0.3 is 0 Å². The smallest absolute Gasteiger partial charge is 0.281 e. The van der Waals surface area contributed by atoms with Gasteiger partial charge in [-0.15, -0.1) is 0 Å². The van der Waals surface area contributed by atoms with Crippen molar-refractivity contribution in [2.24, 2.45) is 0 Å². The van der Waals surface area contributed by atoms with Gasteiger partial charge < -0.3 is 5.11 Å². The molecule has 1 aliphatic heterocycles. The van der Waals surface area contributed by atoms with Crippen molar-refractivity contribution in [3.05, 3.63) is 29.3 Å². The minimum absolute atomic E-state index is 0.174. The van der Waals surface area contributed by atoms with Crippen molar-refractivity contribution in [2.45, 2.75) is 13.0 Å². The molecule has 1 aliphatic rings. The third-order valence-corrected chi connectivity index (χ3v) is 4.84. The van der Waals surface area contributed by atoms with E-state index in [2.05, 4.69) is 0 Å². The number of hydrogen-bond acceptors (Lipinski definition) is 3. The number of benzene rings is 1. The molecule has 1 aromatic carbocycles. The lowest BCUT2D eigenvalue weighted by molar-refractivity contribution is 0.357. The van der Waals surface area contributed by atoms with Crippen molar-refractivity contribution in [3.8, 4) is 5.75 Å². The fraction of sp³-hybridized carbons (Fsp3) is 0.455. The lowest BCUT2D eigenvalue weighted by Crippen LogP contribution is -2.42. The highest BCUT2D eigenvalue weighted by molar-refractivity contribution is 7.86. The van der Waals surface area contributed by atoms with Crippen LogP contribution < -0.4 is 0 Å². The van der Waals surface area contributed by atoms with Crippen LogP contribution in [0, 0.1) is 0 Å². The molecular formula is C11H16N2O3S. The molecule has 0 saturated carbocycles. The first-order chi connectivity index (χ1) is 7.91. The summed E-state index contributed by atoms with van der Waals surface area (Å²) in [6.45, 7) is 0.808. The van der Waals surface area contributed by atoms with Crippen LogP contribution in [-0.4, -0.2) is 42.8 Å². The number of aromatic hydroxyl groups is 1. The molecule has 0 fully saturated rings. The van der Waals surface area contributed by atoms with Gasteiger partial charge in [0.25, 0.3) is 10.2 Å². The second-order valence-corrected chi connectivity index (χ2v) is 6.47. The van der Waals surface area contributed by atoms with Crippen LogP contribution in [0.3, 0.4) is 0 Å². The molecular weight excluding hydrogens is 240 g/mol. The maximum atomic E-state index is 12.0. The molecule has 0 aromatic heterocycles. The van der Waals surface area contributed by atoms with Gasteiger partial charge in [0.15, 0.2) is 0 Å². The Bertz CT molecular complexity index is 526. The molecule has 5 nitrogen and oxygen atoms in total. The van der Waals surface area contributed by atoms with Crippen LogP contribution in [0.5, 0.6) is 5.75 Å². The Kier molecular flexibility index (Phi) is 3.11. The predicted molar refractivity (Wildman–Crippen MR) is 64.8 cm³/mol. The molecule has 1 N–H and O–H groups in total. The van der Waals surface area contributed by atoms with Crippen LogP contribution in [0.15, 0.2) is 18.2 Å². The first kappa shape index (κ1) is 12.3. The maximum Gasteiger partial charge on any atom is 0.281 e. The van der Waals surface area contributed by atoms with Crippen molar-refractivity contribution >= 4 is 10.2 Å². The first-order valence-corrected chi connectivity index (χ1v) is 6.79. The highest BCUT2D eigenvalue weighted by atomic mass is 32.2. The van der Waals surface area contributed by atoms with E-state index in [0.29, 0.717) is 19.5 Å². The Morgan fingerprint density at radius 2 is 2.00 bits per heavy atom. The van der Waals surface area contributed by atoms with E-state index in [1.807, 2.05) is 6.07 Å². The molecule has 0 amide bonds. The molecule has 17 heavy (non-hydrogen) atoms. The lowest BCUT2D eigenvalue weighted by atomic mass is 10.0. The summed E-state index contributed by atoms with van der Waals surface area (Å²) in [5.74, 6) is 0.174. The van der Waals surface area contributed by atoms with E-state index >= 15 is 0 Å². The van der Waals surface area contributed by atoms with E-state index < -0.39 is 10.2 Å². The van der Waals surface area contributed by atoms with Crippen LogP contribution in [-0.2, 0) is 23.2 Å². The number of phenolic OH excluding ortho intramolecular Hbond substituents is 1. The number of phenols is 1. The average Bonchev–Trinajstić information content (AvgIpc) is 2.27. The Morgan fingerprint density at radius 3 is 2.65 bits per heavy atom. The van der Waals surface area contributed by atoms with Crippen LogP contribution in [0.2, 0.25) is 0 Å². The minimum atomic E-state index is -3.37. The Morgan fingerprint density at radius 1 is 1.29 bits per heavy atom. The topological polar surface area (TPSA) is 60.9 Å². The molecule has 0 unspecified atom stereocenters. The zero-order valence-electron chi connectivity index (χ0n) is 9.92. The summed E-state index contributed by atoms with van der Waals surface area (Å²) >= 11 is 0. The second-order valence-electron chi connectivity index (χ2n) is 4.33. The van der Waals surface area contributed by atoms with Crippen molar-refractivity contribution in [2.75, 3.05) is 20.6 Å². The van der Waals surface area contributed by atoms with E-state index in [1.165, 1.54) is 22.7 Å². The van der Waals surface area contributed by atoms with Crippen molar-refractivity contribution in [1.82, 2.24) is 8.61 Å². The summed E-state index contributed by atoms with van der Waals surface area (Å²) in [5, 5.41) is 9.41. The van der Waals surface area contributed by atoms with Gasteiger partial charge in [0.05, 0.1) is 0 Å². The van der Waals surface area contributed by atoms with Gasteiger partial charge in [0.2, 0.25) is 0 Å². The molecule has 0 atom stereocenters. The molecule has 0 aliphatic carbocycles. The molecule has 94 valence electrons. The predicted octanol–water partition coefficient (Wildman–Crippen LogP) is 0.557. The van der Waals surface area contributed by atoms with Gasteiger partial charge in [0, 0.05) is 27.2 Å². The third-order valence-electron chi connectivity index (χ3n) is 2.95. The number of hydrogen-bond donors (Lipinski definition) is 1. The van der Waals surface area contributed by atoms with Crippen LogP contribution in [0.25, 0.3) is 0 Å². The van der Waals surface area contributed by atoms with Crippen molar-refractivity contribution in [3.63, 3.8) is 0 Å². The quantitative estimate of drug-likeness (QED) is 0.841. The highest BCUT2D eigenvalue weighted by Gasteiger charge is 2.28. The monoisotopic (exact) mass is 256 g/mol. The van der Waals surface area contributed by atoms with Gasteiger partial charge in [-0.1, -0.05) is 6.07 Å². The first-order valence-electron chi connectivity index (χ1n) is 5.39. The van der Waals surface area contributed by atoms with E-state index in [9.17, 15) is 13.5 Å². The largest absolute Gasteiger partial charge is 0.508 e. The Labute approximate surface area is 101 Å². The lowest BCUT2D eigenvalue weighted by Gasteiger charge is -2.30. The van der Waals surface area contributed by atoms with Crippen molar-refractivity contribution in [1.29, 1.82) is 0 Å². The van der Waals surface area contributed by atoms with Gasteiger partial charge in [-0.2, -0.15) is 17.0 Å². The van der Waals surface area contributed by atoms with Crippen LogP contribution >= 0.6 is 0 Å². The minimum Gasteiger partial charge on any atom is -0.508 e. The van der Waals surface area contributed by atoms with Crippen molar-refractivity contribution < 1.29 is 13.5 Å². The molecule has 2 rings (SSSR count). The standard InChI is InChI=1S/C11H16N2O3S/c1-12(2)17(15,16)13-6-5-9-3-4-11(14)7-10(9)8-13/h3-4,7,14H,5-6,8H2,1-2H3. The fourth-order valence-electron chi connectivity index (χ4n) is 1.95. The molecule has 0 bridgehead atoms. The Hall–Kier alpha value is -1.11. The second kappa shape index (κ2) is 4.29. The highest BCUT2D eigenvalue weighted by Crippen LogP contribution is 2.25. The van der Waals surface area contributed by atoms with Crippen LogP contribution in [0.4, 0.5) is 0 Å². The molecule has 6 heteroatoms. The average molecular weight is 256 g/mol. The summed E-state index contributed by atoms with van der Waals surface area (Å²) in [5.41, 5.74) is 1.98. The third kappa shape index (κ3) is 2.29.